The summed E-state index contributed by atoms with van der Waals surface area (Å²) in [6, 6.07) is 6.94. The third-order valence-corrected chi connectivity index (χ3v) is 4.59. The number of methoxy groups -OCH3 is 1. The van der Waals surface area contributed by atoms with Crippen molar-refractivity contribution in [3.63, 3.8) is 0 Å². The van der Waals surface area contributed by atoms with Crippen LogP contribution in [0.25, 0.3) is 0 Å². The smallest absolute Gasteiger partial charge is 0.338 e. The van der Waals surface area contributed by atoms with Crippen LogP contribution >= 0.6 is 0 Å². The molecule has 1 aliphatic rings. The summed E-state index contributed by atoms with van der Waals surface area (Å²) in [4.78, 5) is 12.4. The minimum atomic E-state index is -1.61. The first-order chi connectivity index (χ1) is 12.7. The average molecular weight is 384 g/mol. The number of hydrogen-bond donors (Lipinski definition) is 3. The number of aliphatic hydroxyl groups is 3. The molecular weight excluding hydrogens is 356 g/mol. The second-order valence-corrected chi connectivity index (χ2v) is 6.94. The van der Waals surface area contributed by atoms with E-state index < -0.39 is 42.1 Å². The van der Waals surface area contributed by atoms with Crippen molar-refractivity contribution in [1.82, 2.24) is 0 Å². The SMILES string of the molecule is CCOC(C)(C)C1OC(C(=O)OCc2ccc(OC)cc2)[C@@H](O)[C@H](O)[C@@H]1O. The van der Waals surface area contributed by atoms with Crippen molar-refractivity contribution in [2.24, 2.45) is 0 Å². The highest BCUT2D eigenvalue weighted by atomic mass is 16.6. The maximum absolute atomic E-state index is 12.4. The Morgan fingerprint density at radius 2 is 1.74 bits per heavy atom. The van der Waals surface area contributed by atoms with Crippen LogP contribution in [0, 0.1) is 0 Å². The first-order valence-electron chi connectivity index (χ1n) is 8.84. The van der Waals surface area contributed by atoms with Crippen molar-refractivity contribution in [1.29, 1.82) is 0 Å². The molecule has 1 aromatic carbocycles. The zero-order valence-electron chi connectivity index (χ0n) is 16.0. The predicted octanol–water partition coefficient (Wildman–Crippen LogP) is 0.404. The summed E-state index contributed by atoms with van der Waals surface area (Å²) in [7, 11) is 1.55. The first kappa shape index (κ1) is 21.6. The van der Waals surface area contributed by atoms with Crippen molar-refractivity contribution in [2.75, 3.05) is 13.7 Å². The van der Waals surface area contributed by atoms with Crippen LogP contribution in [0.15, 0.2) is 24.3 Å². The van der Waals surface area contributed by atoms with Gasteiger partial charge in [0.25, 0.3) is 0 Å². The zero-order valence-corrected chi connectivity index (χ0v) is 16.0. The molecule has 1 fully saturated rings. The highest BCUT2D eigenvalue weighted by molar-refractivity contribution is 5.75. The molecule has 0 bridgehead atoms. The van der Waals surface area contributed by atoms with Gasteiger partial charge in [-0.15, -0.1) is 0 Å². The average Bonchev–Trinajstić information content (AvgIpc) is 2.64. The van der Waals surface area contributed by atoms with Crippen LogP contribution in [0.3, 0.4) is 0 Å². The molecule has 0 aromatic heterocycles. The Hall–Kier alpha value is -1.71. The van der Waals surface area contributed by atoms with Gasteiger partial charge in [0.05, 0.1) is 12.7 Å². The van der Waals surface area contributed by atoms with Gasteiger partial charge in [-0.25, -0.2) is 4.79 Å². The number of esters is 1. The normalized spacial score (nSPS) is 28.6. The predicted molar refractivity (Wildman–Crippen MR) is 95.2 cm³/mol. The lowest BCUT2D eigenvalue weighted by atomic mass is 9.86. The van der Waals surface area contributed by atoms with Crippen LogP contribution in [0.2, 0.25) is 0 Å². The van der Waals surface area contributed by atoms with E-state index in [0.717, 1.165) is 5.56 Å². The van der Waals surface area contributed by atoms with Gasteiger partial charge in [0, 0.05) is 6.61 Å². The second kappa shape index (κ2) is 8.99. The van der Waals surface area contributed by atoms with Crippen molar-refractivity contribution >= 4 is 5.97 Å². The van der Waals surface area contributed by atoms with Gasteiger partial charge in [0.1, 0.15) is 36.8 Å². The minimum Gasteiger partial charge on any atom is -0.497 e. The third kappa shape index (κ3) is 4.97. The fraction of sp³-hybridized carbons (Fsp3) is 0.632. The molecule has 0 spiro atoms. The fourth-order valence-electron chi connectivity index (χ4n) is 3.06. The molecule has 8 heteroatoms. The Balaban J connectivity index is 2.06. The van der Waals surface area contributed by atoms with E-state index in [1.807, 2.05) is 0 Å². The lowest BCUT2D eigenvalue weighted by molar-refractivity contribution is -0.267. The molecule has 152 valence electrons. The summed E-state index contributed by atoms with van der Waals surface area (Å²) in [6.07, 6.45) is -7.05. The number of carbonyl (C=O) groups excluding carboxylic acids is 1. The van der Waals surface area contributed by atoms with E-state index in [1.54, 1.807) is 52.1 Å². The Labute approximate surface area is 158 Å². The van der Waals surface area contributed by atoms with E-state index in [-0.39, 0.29) is 6.61 Å². The Kier molecular flexibility index (Phi) is 7.19. The van der Waals surface area contributed by atoms with Crippen LogP contribution < -0.4 is 4.74 Å². The maximum atomic E-state index is 12.4. The summed E-state index contributed by atoms with van der Waals surface area (Å²) >= 11 is 0. The molecule has 27 heavy (non-hydrogen) atoms. The molecule has 0 saturated carbocycles. The number of carbonyl (C=O) groups is 1. The molecule has 0 amide bonds. The van der Waals surface area contributed by atoms with E-state index in [9.17, 15) is 20.1 Å². The van der Waals surface area contributed by atoms with E-state index in [0.29, 0.717) is 12.4 Å². The first-order valence-corrected chi connectivity index (χ1v) is 8.84. The van der Waals surface area contributed by atoms with Gasteiger partial charge in [-0.05, 0) is 38.5 Å². The number of hydrogen-bond acceptors (Lipinski definition) is 8. The second-order valence-electron chi connectivity index (χ2n) is 6.94. The van der Waals surface area contributed by atoms with Crippen LogP contribution in [-0.4, -0.2) is 71.1 Å². The molecule has 1 heterocycles. The summed E-state index contributed by atoms with van der Waals surface area (Å²) in [6.45, 7) is 5.45. The van der Waals surface area contributed by atoms with Crippen molar-refractivity contribution < 1.29 is 39.1 Å². The molecule has 1 saturated heterocycles. The zero-order chi connectivity index (χ0) is 20.2. The van der Waals surface area contributed by atoms with Crippen LogP contribution in [0.4, 0.5) is 0 Å². The summed E-state index contributed by atoms with van der Waals surface area (Å²) in [5.74, 6) is -0.157. The number of rotatable bonds is 7. The summed E-state index contributed by atoms with van der Waals surface area (Å²) in [5.41, 5.74) is -0.259. The quantitative estimate of drug-likeness (QED) is 0.579. The van der Waals surface area contributed by atoms with Gasteiger partial charge in [-0.1, -0.05) is 12.1 Å². The van der Waals surface area contributed by atoms with Gasteiger partial charge >= 0.3 is 5.97 Å². The monoisotopic (exact) mass is 384 g/mol. The van der Waals surface area contributed by atoms with E-state index in [4.69, 9.17) is 18.9 Å². The number of ether oxygens (including phenoxy) is 4. The molecule has 1 aliphatic heterocycles. The number of aliphatic hydroxyl groups excluding tert-OH is 3. The lowest BCUT2D eigenvalue weighted by Crippen LogP contribution is -2.65. The van der Waals surface area contributed by atoms with Crippen molar-refractivity contribution in [3.8, 4) is 5.75 Å². The van der Waals surface area contributed by atoms with Gasteiger partial charge in [-0.3, -0.25) is 0 Å². The highest BCUT2D eigenvalue weighted by Crippen LogP contribution is 2.31. The standard InChI is InChI=1S/C19H28O8/c1-5-26-19(2,3)17-15(22)13(20)14(21)16(27-17)18(23)25-10-11-6-8-12(24-4)9-7-11/h6-9,13-17,20-22H,5,10H2,1-4H3/t13-,14-,15-,16?,17?/m0/s1. The highest BCUT2D eigenvalue weighted by Gasteiger charge is 2.52. The van der Waals surface area contributed by atoms with Gasteiger partial charge in [-0.2, -0.15) is 0 Å². The minimum absolute atomic E-state index is 0.0342. The molecule has 2 unspecified atom stereocenters. The Morgan fingerprint density at radius 1 is 1.11 bits per heavy atom. The topological polar surface area (TPSA) is 115 Å². The molecular formula is C19H28O8. The van der Waals surface area contributed by atoms with Crippen LogP contribution in [0.5, 0.6) is 5.75 Å². The molecule has 1 aromatic rings. The van der Waals surface area contributed by atoms with E-state index in [2.05, 4.69) is 0 Å². The molecule has 8 nitrogen and oxygen atoms in total. The summed E-state index contributed by atoms with van der Waals surface area (Å²) < 4.78 is 21.4. The lowest BCUT2D eigenvalue weighted by Gasteiger charge is -2.45. The molecule has 2 rings (SSSR count). The van der Waals surface area contributed by atoms with Gasteiger partial charge in [0.15, 0.2) is 6.10 Å². The van der Waals surface area contributed by atoms with Gasteiger partial charge < -0.3 is 34.3 Å². The Bertz CT molecular complexity index is 615. The summed E-state index contributed by atoms with van der Waals surface area (Å²) in [5, 5.41) is 30.6. The molecule has 5 atom stereocenters. The number of benzene rings is 1. The molecule has 0 radical (unpaired) electrons. The Morgan fingerprint density at radius 3 is 2.30 bits per heavy atom. The maximum Gasteiger partial charge on any atom is 0.338 e. The largest absolute Gasteiger partial charge is 0.497 e. The molecule has 0 aliphatic carbocycles. The van der Waals surface area contributed by atoms with E-state index >= 15 is 0 Å². The van der Waals surface area contributed by atoms with Crippen molar-refractivity contribution in [2.45, 2.75) is 63.5 Å². The van der Waals surface area contributed by atoms with Crippen LogP contribution in [-0.2, 0) is 25.6 Å². The molecule has 3 N–H and O–H groups in total. The van der Waals surface area contributed by atoms with Gasteiger partial charge in [0.2, 0.25) is 0 Å². The van der Waals surface area contributed by atoms with E-state index in [1.165, 1.54) is 0 Å². The van der Waals surface area contributed by atoms with Crippen molar-refractivity contribution in [3.05, 3.63) is 29.8 Å². The van der Waals surface area contributed by atoms with Crippen LogP contribution in [0.1, 0.15) is 26.3 Å². The third-order valence-electron chi connectivity index (χ3n) is 4.59. The fourth-order valence-corrected chi connectivity index (χ4v) is 3.06.